The van der Waals surface area contributed by atoms with Crippen molar-refractivity contribution in [2.24, 2.45) is 5.73 Å². The van der Waals surface area contributed by atoms with Gasteiger partial charge in [-0.25, -0.2) is 0 Å². The van der Waals surface area contributed by atoms with Crippen LogP contribution in [-0.2, 0) is 27.3 Å². The highest BCUT2D eigenvalue weighted by Gasteiger charge is 2.23. The number of aryl methyl sites for hydroxylation is 1. The Bertz CT molecular complexity index is 1820. The number of aliphatic carboxylic acids is 1. The Morgan fingerprint density at radius 2 is 1.56 bits per heavy atom. The quantitative estimate of drug-likeness (QED) is 0.0837. The highest BCUT2D eigenvalue weighted by Crippen LogP contribution is 2.36. The van der Waals surface area contributed by atoms with E-state index in [1.165, 1.54) is 11.3 Å². The first-order valence-electron chi connectivity index (χ1n) is 15.1. The first-order chi connectivity index (χ1) is 21.5. The van der Waals surface area contributed by atoms with Crippen LogP contribution >= 0.6 is 11.3 Å². The fraction of sp³-hybridized carbons (Fsp3) is 0.270. The molecule has 0 amide bonds. The van der Waals surface area contributed by atoms with Crippen molar-refractivity contribution in [2.75, 3.05) is 0 Å². The minimum absolute atomic E-state index is 0.145. The second-order valence-electron chi connectivity index (χ2n) is 12.2. The summed E-state index contributed by atoms with van der Waals surface area (Å²) in [6.45, 7) is 6.16. The monoisotopic (exact) mass is 622 g/mol. The molecule has 5 aromatic rings. The molecule has 0 aliphatic carbocycles. The molecule has 0 radical (unpaired) electrons. The summed E-state index contributed by atoms with van der Waals surface area (Å²) in [4.78, 5) is 39.1. The van der Waals surface area contributed by atoms with Crippen LogP contribution < -0.4 is 5.73 Å². The van der Waals surface area contributed by atoms with Crippen molar-refractivity contribution in [3.8, 4) is 21.7 Å². The molecule has 0 saturated carbocycles. The van der Waals surface area contributed by atoms with E-state index in [0.29, 0.717) is 29.0 Å². The molecule has 5 rings (SSSR count). The van der Waals surface area contributed by atoms with Crippen LogP contribution in [0.15, 0.2) is 91.0 Å². The standard InChI is InChI=1S/C37H38N2O5S/c1-37(2,3)44-36(43)29(38)16-10-11-19-39-30(24-12-6-4-7-13-24)20-26-17-18-27(21-31(26)39)34(42)32-22-28(23-33(40)41)35(45-32)25-14-8-5-9-15-25/h4-9,12-15,17-18,20-22,29H,10-11,16,19,23,38H2,1-3H3,(H,40,41). The van der Waals surface area contributed by atoms with Crippen molar-refractivity contribution < 1.29 is 24.2 Å². The summed E-state index contributed by atoms with van der Waals surface area (Å²) in [7, 11) is 0. The summed E-state index contributed by atoms with van der Waals surface area (Å²) >= 11 is 1.32. The normalized spacial score (nSPS) is 12.3. The molecule has 8 heteroatoms. The van der Waals surface area contributed by atoms with Gasteiger partial charge in [-0.05, 0) is 74.9 Å². The van der Waals surface area contributed by atoms with E-state index < -0.39 is 23.6 Å². The highest BCUT2D eigenvalue weighted by atomic mass is 32.1. The summed E-state index contributed by atoms with van der Waals surface area (Å²) in [6, 6.07) is 28.6. The van der Waals surface area contributed by atoms with Crippen LogP contribution in [0.3, 0.4) is 0 Å². The van der Waals surface area contributed by atoms with Crippen molar-refractivity contribution in [3.63, 3.8) is 0 Å². The number of nitrogens with zero attached hydrogens (tertiary/aromatic N) is 1. The number of fused-ring (bicyclic) bond motifs is 1. The van der Waals surface area contributed by atoms with E-state index in [9.17, 15) is 19.5 Å². The summed E-state index contributed by atoms with van der Waals surface area (Å²) in [6.07, 6.45) is 1.87. The number of esters is 1. The van der Waals surface area contributed by atoms with Gasteiger partial charge in [-0.15, -0.1) is 11.3 Å². The number of nitrogens with two attached hydrogens (primary N) is 1. The molecule has 0 aliphatic heterocycles. The van der Waals surface area contributed by atoms with E-state index >= 15 is 0 Å². The van der Waals surface area contributed by atoms with Crippen molar-refractivity contribution in [3.05, 3.63) is 107 Å². The van der Waals surface area contributed by atoms with E-state index in [1.54, 1.807) is 6.07 Å². The van der Waals surface area contributed by atoms with Crippen LogP contribution in [0.5, 0.6) is 0 Å². The summed E-state index contributed by atoms with van der Waals surface area (Å²) < 4.78 is 7.65. The maximum atomic E-state index is 13.9. The number of carbonyl (C=O) groups excluding carboxylic acids is 2. The molecule has 3 aromatic carbocycles. The molecule has 0 aliphatic rings. The Hall–Kier alpha value is -4.53. The van der Waals surface area contributed by atoms with Gasteiger partial charge in [0, 0.05) is 33.6 Å². The van der Waals surface area contributed by atoms with Crippen LogP contribution in [0.25, 0.3) is 32.6 Å². The Morgan fingerprint density at radius 1 is 0.889 bits per heavy atom. The van der Waals surface area contributed by atoms with E-state index in [4.69, 9.17) is 10.5 Å². The van der Waals surface area contributed by atoms with Crippen molar-refractivity contribution in [2.45, 2.75) is 64.6 Å². The molecule has 1 atom stereocenters. The summed E-state index contributed by atoms with van der Waals surface area (Å²) in [5.74, 6) is -1.48. The Kier molecular flexibility index (Phi) is 9.65. The number of carboxylic acids is 1. The molecule has 2 aromatic heterocycles. The van der Waals surface area contributed by atoms with E-state index in [2.05, 4.69) is 22.8 Å². The first kappa shape index (κ1) is 31.9. The van der Waals surface area contributed by atoms with Gasteiger partial charge in [-0.3, -0.25) is 14.4 Å². The number of unbranched alkanes of at least 4 members (excludes halogenated alkanes) is 1. The predicted molar refractivity (Wildman–Crippen MR) is 180 cm³/mol. The lowest BCUT2D eigenvalue weighted by Gasteiger charge is -2.22. The molecule has 232 valence electrons. The molecular formula is C37H38N2O5S. The molecule has 0 saturated heterocycles. The zero-order chi connectivity index (χ0) is 32.1. The SMILES string of the molecule is CC(C)(C)OC(=O)C(N)CCCCn1c(-c2ccccc2)cc2ccc(C(=O)c3cc(CC(=O)O)c(-c4ccccc4)s3)cc21. The Balaban J connectivity index is 1.44. The predicted octanol–water partition coefficient (Wildman–Crippen LogP) is 7.73. The van der Waals surface area contributed by atoms with Gasteiger partial charge in [0.05, 0.1) is 11.3 Å². The smallest absolute Gasteiger partial charge is 0.323 e. The maximum Gasteiger partial charge on any atom is 0.323 e. The lowest BCUT2D eigenvalue weighted by molar-refractivity contribution is -0.156. The molecule has 7 nitrogen and oxygen atoms in total. The average molecular weight is 623 g/mol. The van der Waals surface area contributed by atoms with Gasteiger partial charge in [0.15, 0.2) is 0 Å². The van der Waals surface area contributed by atoms with Crippen LogP contribution in [0.4, 0.5) is 0 Å². The highest BCUT2D eigenvalue weighted by molar-refractivity contribution is 7.17. The number of ether oxygens (including phenoxy) is 1. The van der Waals surface area contributed by atoms with Gasteiger partial charge >= 0.3 is 11.9 Å². The molecule has 3 N–H and O–H groups in total. The molecule has 0 fully saturated rings. The van der Waals surface area contributed by atoms with Crippen LogP contribution in [-0.4, -0.2) is 39.0 Å². The number of aromatic nitrogens is 1. The van der Waals surface area contributed by atoms with E-state index in [-0.39, 0.29) is 12.2 Å². The van der Waals surface area contributed by atoms with Crippen molar-refractivity contribution in [1.82, 2.24) is 4.57 Å². The molecule has 2 heterocycles. The Morgan fingerprint density at radius 3 is 2.20 bits per heavy atom. The van der Waals surface area contributed by atoms with Gasteiger partial charge in [-0.2, -0.15) is 0 Å². The number of hydrogen-bond donors (Lipinski definition) is 2. The zero-order valence-corrected chi connectivity index (χ0v) is 26.6. The van der Waals surface area contributed by atoms with Gasteiger partial charge in [-0.1, -0.05) is 72.8 Å². The summed E-state index contributed by atoms with van der Waals surface area (Å²) in [5.41, 5.74) is 10.6. The fourth-order valence-electron chi connectivity index (χ4n) is 5.43. The lowest BCUT2D eigenvalue weighted by Crippen LogP contribution is -2.37. The van der Waals surface area contributed by atoms with E-state index in [0.717, 1.165) is 45.4 Å². The number of ketones is 1. The number of carboxylic acid groups (broad SMARTS) is 1. The minimum atomic E-state index is -0.941. The van der Waals surface area contributed by atoms with Crippen LogP contribution in [0.2, 0.25) is 0 Å². The second kappa shape index (κ2) is 13.6. The first-order valence-corrected chi connectivity index (χ1v) is 15.9. The number of thiophene rings is 1. The summed E-state index contributed by atoms with van der Waals surface area (Å²) in [5, 5.41) is 10.5. The molecule has 45 heavy (non-hydrogen) atoms. The van der Waals surface area contributed by atoms with Gasteiger partial charge in [0.2, 0.25) is 5.78 Å². The molecule has 1 unspecified atom stereocenters. The molecule has 0 spiro atoms. The third kappa shape index (κ3) is 7.77. The number of carbonyl (C=O) groups is 3. The third-order valence-electron chi connectivity index (χ3n) is 7.50. The van der Waals surface area contributed by atoms with Gasteiger partial charge < -0.3 is 20.1 Å². The van der Waals surface area contributed by atoms with Crippen LogP contribution in [0, 0.1) is 0 Å². The largest absolute Gasteiger partial charge is 0.481 e. The van der Waals surface area contributed by atoms with Gasteiger partial charge in [0.1, 0.15) is 11.6 Å². The zero-order valence-electron chi connectivity index (χ0n) is 25.8. The van der Waals surface area contributed by atoms with Crippen molar-refractivity contribution >= 4 is 40.0 Å². The number of rotatable bonds is 12. The third-order valence-corrected chi connectivity index (χ3v) is 8.73. The Labute approximate surface area is 267 Å². The average Bonchev–Trinajstić information content (AvgIpc) is 3.59. The van der Waals surface area contributed by atoms with Crippen LogP contribution in [0.1, 0.15) is 60.8 Å². The van der Waals surface area contributed by atoms with E-state index in [1.807, 2.05) is 87.5 Å². The fourth-order valence-corrected chi connectivity index (χ4v) is 6.57. The minimum Gasteiger partial charge on any atom is -0.481 e. The van der Waals surface area contributed by atoms with Gasteiger partial charge in [0.25, 0.3) is 0 Å². The molecular weight excluding hydrogens is 584 g/mol. The number of hydrogen-bond acceptors (Lipinski definition) is 6. The second-order valence-corrected chi connectivity index (χ2v) is 13.2. The lowest BCUT2D eigenvalue weighted by atomic mass is 10.0. The maximum absolute atomic E-state index is 13.9. The number of benzene rings is 3. The molecule has 0 bridgehead atoms. The van der Waals surface area contributed by atoms with Crippen molar-refractivity contribution in [1.29, 1.82) is 0 Å². The topological polar surface area (TPSA) is 112 Å².